The largest absolute Gasteiger partial charge is 0.349 e. The van der Waals surface area contributed by atoms with Crippen molar-refractivity contribution >= 4 is 5.95 Å². The smallest absolute Gasteiger partial charge is 0.203 e. The topological polar surface area (TPSA) is 29.9 Å². The lowest BCUT2D eigenvalue weighted by atomic mass is 10.0. The van der Waals surface area contributed by atoms with Crippen molar-refractivity contribution in [3.05, 3.63) is 47.3 Å². The molecule has 0 amide bonds. The average molecular weight is 271 g/mol. The number of nitrogens with one attached hydrogen (secondary N) is 1. The molecule has 0 fully saturated rings. The lowest BCUT2D eigenvalue weighted by Gasteiger charge is -2.18. The Labute approximate surface area is 122 Å². The van der Waals surface area contributed by atoms with Crippen molar-refractivity contribution in [2.75, 3.05) is 5.32 Å². The number of rotatable bonds is 5. The van der Waals surface area contributed by atoms with E-state index in [2.05, 4.69) is 73.0 Å². The molecular weight excluding hydrogens is 246 g/mol. The zero-order valence-electron chi connectivity index (χ0n) is 13.1. The first-order valence-corrected chi connectivity index (χ1v) is 7.33. The van der Waals surface area contributed by atoms with Crippen LogP contribution in [0.15, 0.2) is 30.5 Å². The highest BCUT2D eigenvalue weighted by Gasteiger charge is 2.12. The van der Waals surface area contributed by atoms with E-state index in [9.17, 15) is 0 Å². The van der Waals surface area contributed by atoms with Gasteiger partial charge in [-0.15, -0.1) is 0 Å². The van der Waals surface area contributed by atoms with Crippen molar-refractivity contribution < 1.29 is 0 Å². The Morgan fingerprint density at radius 3 is 2.50 bits per heavy atom. The molecule has 0 aliphatic rings. The quantitative estimate of drug-likeness (QED) is 0.877. The summed E-state index contributed by atoms with van der Waals surface area (Å²) in [5, 5.41) is 3.55. The zero-order chi connectivity index (χ0) is 14.7. The van der Waals surface area contributed by atoms with Gasteiger partial charge in [-0.25, -0.2) is 4.98 Å². The Morgan fingerprint density at radius 1 is 1.15 bits per heavy atom. The first-order valence-electron chi connectivity index (χ1n) is 7.33. The predicted molar refractivity (Wildman–Crippen MR) is 85.0 cm³/mol. The second-order valence-electron chi connectivity index (χ2n) is 5.97. The Bertz CT molecular complexity index is 569. The molecule has 1 aromatic carbocycles. The number of hydrogen-bond acceptors (Lipinski definition) is 2. The Kier molecular flexibility index (Phi) is 4.48. The molecule has 0 radical (unpaired) electrons. The van der Waals surface area contributed by atoms with Gasteiger partial charge < -0.3 is 9.88 Å². The molecule has 3 nitrogen and oxygen atoms in total. The van der Waals surface area contributed by atoms with Gasteiger partial charge in [-0.1, -0.05) is 38.1 Å². The van der Waals surface area contributed by atoms with E-state index in [1.807, 2.05) is 6.92 Å². The van der Waals surface area contributed by atoms with Gasteiger partial charge >= 0.3 is 0 Å². The van der Waals surface area contributed by atoms with Crippen LogP contribution in [0.2, 0.25) is 0 Å². The number of benzene rings is 1. The van der Waals surface area contributed by atoms with Gasteiger partial charge in [0, 0.05) is 12.7 Å². The van der Waals surface area contributed by atoms with Gasteiger partial charge in [-0.3, -0.25) is 0 Å². The summed E-state index contributed by atoms with van der Waals surface area (Å²) < 4.78 is 2.22. The molecule has 1 unspecified atom stereocenters. The van der Waals surface area contributed by atoms with Gasteiger partial charge in [0.15, 0.2) is 0 Å². The number of nitrogens with zero attached hydrogens (tertiary/aromatic N) is 2. The summed E-state index contributed by atoms with van der Waals surface area (Å²) in [6, 6.07) is 8.75. The summed E-state index contributed by atoms with van der Waals surface area (Å²) in [4.78, 5) is 4.61. The van der Waals surface area contributed by atoms with Crippen molar-refractivity contribution in [2.45, 2.75) is 47.2 Å². The second-order valence-corrected chi connectivity index (χ2v) is 5.97. The number of aryl methyl sites for hydroxylation is 2. The van der Waals surface area contributed by atoms with Crippen LogP contribution in [-0.2, 0) is 6.54 Å². The lowest BCUT2D eigenvalue weighted by molar-refractivity contribution is 0.524. The standard InChI is InChI=1S/C17H25N3/c1-12(2)10-20-11-14(4)18-17(20)19-15(5)16-9-7-6-8-13(16)3/h6-9,11-12,15H,10H2,1-5H3,(H,18,19). The summed E-state index contributed by atoms with van der Waals surface area (Å²) in [6.07, 6.45) is 2.12. The number of imidazole rings is 1. The van der Waals surface area contributed by atoms with Crippen molar-refractivity contribution in [1.29, 1.82) is 0 Å². The van der Waals surface area contributed by atoms with Crippen LogP contribution in [0.5, 0.6) is 0 Å². The van der Waals surface area contributed by atoms with Crippen LogP contribution in [0.4, 0.5) is 5.95 Å². The zero-order valence-corrected chi connectivity index (χ0v) is 13.1. The summed E-state index contributed by atoms with van der Waals surface area (Å²) in [6.45, 7) is 11.8. The molecular formula is C17H25N3. The van der Waals surface area contributed by atoms with E-state index < -0.39 is 0 Å². The molecule has 20 heavy (non-hydrogen) atoms. The SMILES string of the molecule is Cc1cn(CC(C)C)c(NC(C)c2ccccc2C)n1. The molecule has 108 valence electrons. The monoisotopic (exact) mass is 271 g/mol. The Hall–Kier alpha value is -1.77. The second kappa shape index (κ2) is 6.12. The van der Waals surface area contributed by atoms with Crippen LogP contribution in [-0.4, -0.2) is 9.55 Å². The third-order valence-corrected chi connectivity index (χ3v) is 3.46. The minimum atomic E-state index is 0.254. The highest BCUT2D eigenvalue weighted by molar-refractivity contribution is 5.37. The summed E-state index contributed by atoms with van der Waals surface area (Å²) in [7, 11) is 0. The van der Waals surface area contributed by atoms with Crippen LogP contribution in [0.25, 0.3) is 0 Å². The molecule has 0 saturated carbocycles. The Balaban J connectivity index is 2.19. The van der Waals surface area contributed by atoms with Gasteiger partial charge in [0.05, 0.1) is 11.7 Å². The van der Waals surface area contributed by atoms with Crippen molar-refractivity contribution in [1.82, 2.24) is 9.55 Å². The number of hydrogen-bond donors (Lipinski definition) is 1. The van der Waals surface area contributed by atoms with Gasteiger partial charge in [-0.05, 0) is 37.8 Å². The highest BCUT2D eigenvalue weighted by Crippen LogP contribution is 2.22. The van der Waals surface area contributed by atoms with E-state index in [-0.39, 0.29) is 6.04 Å². The van der Waals surface area contributed by atoms with Gasteiger partial charge in [0.1, 0.15) is 0 Å². The summed E-state index contributed by atoms with van der Waals surface area (Å²) >= 11 is 0. The van der Waals surface area contributed by atoms with Gasteiger partial charge in [0.25, 0.3) is 0 Å². The third kappa shape index (κ3) is 3.41. The molecule has 0 aliphatic heterocycles. The first kappa shape index (κ1) is 14.6. The molecule has 0 saturated heterocycles. The lowest BCUT2D eigenvalue weighted by Crippen LogP contribution is -2.14. The van der Waals surface area contributed by atoms with E-state index in [0.29, 0.717) is 5.92 Å². The van der Waals surface area contributed by atoms with E-state index in [1.54, 1.807) is 0 Å². The van der Waals surface area contributed by atoms with Gasteiger partial charge in [0.2, 0.25) is 5.95 Å². The van der Waals surface area contributed by atoms with Crippen molar-refractivity contribution in [3.8, 4) is 0 Å². The maximum atomic E-state index is 4.61. The Morgan fingerprint density at radius 2 is 1.85 bits per heavy atom. The first-order chi connectivity index (χ1) is 9.47. The summed E-state index contributed by atoms with van der Waals surface area (Å²) in [5.74, 6) is 1.57. The molecule has 0 aliphatic carbocycles. The van der Waals surface area contributed by atoms with Crippen LogP contribution in [0, 0.1) is 19.8 Å². The van der Waals surface area contributed by atoms with E-state index in [4.69, 9.17) is 0 Å². The predicted octanol–water partition coefficient (Wildman–Crippen LogP) is 4.33. The van der Waals surface area contributed by atoms with E-state index in [1.165, 1.54) is 11.1 Å². The minimum Gasteiger partial charge on any atom is -0.349 e. The third-order valence-electron chi connectivity index (χ3n) is 3.46. The molecule has 1 atom stereocenters. The number of anilines is 1. The highest BCUT2D eigenvalue weighted by atomic mass is 15.2. The van der Waals surface area contributed by atoms with E-state index >= 15 is 0 Å². The molecule has 0 spiro atoms. The normalized spacial score (nSPS) is 12.7. The fourth-order valence-corrected chi connectivity index (χ4v) is 2.54. The number of aromatic nitrogens is 2. The minimum absolute atomic E-state index is 0.254. The van der Waals surface area contributed by atoms with Crippen LogP contribution < -0.4 is 5.32 Å². The average Bonchev–Trinajstić information content (AvgIpc) is 2.68. The van der Waals surface area contributed by atoms with Crippen LogP contribution in [0.3, 0.4) is 0 Å². The molecule has 1 heterocycles. The summed E-state index contributed by atoms with van der Waals surface area (Å²) in [5.41, 5.74) is 3.69. The van der Waals surface area contributed by atoms with Crippen molar-refractivity contribution in [2.24, 2.45) is 5.92 Å². The molecule has 1 aromatic heterocycles. The van der Waals surface area contributed by atoms with E-state index in [0.717, 1.165) is 18.2 Å². The maximum absolute atomic E-state index is 4.61. The fourth-order valence-electron chi connectivity index (χ4n) is 2.54. The van der Waals surface area contributed by atoms with Crippen LogP contribution >= 0.6 is 0 Å². The van der Waals surface area contributed by atoms with Crippen molar-refractivity contribution in [3.63, 3.8) is 0 Å². The molecule has 2 aromatic rings. The fraction of sp³-hybridized carbons (Fsp3) is 0.471. The maximum Gasteiger partial charge on any atom is 0.203 e. The molecule has 1 N–H and O–H groups in total. The van der Waals surface area contributed by atoms with Gasteiger partial charge in [-0.2, -0.15) is 0 Å². The molecule has 0 bridgehead atoms. The molecule has 2 rings (SSSR count). The molecule has 3 heteroatoms. The van der Waals surface area contributed by atoms with Crippen LogP contribution in [0.1, 0.15) is 43.6 Å².